The zero-order chi connectivity index (χ0) is 10.4. The largest absolute Gasteiger partial charge is 0.385 e. The Morgan fingerprint density at radius 3 is 2.93 bits per heavy atom. The monoisotopic (exact) mass is 216 g/mol. The molecule has 4 nitrogen and oxygen atoms in total. The second kappa shape index (κ2) is 6.06. The van der Waals surface area contributed by atoms with Crippen LogP contribution in [0, 0.1) is 0 Å². The molecule has 1 atom stereocenters. The van der Waals surface area contributed by atoms with Crippen LogP contribution in [-0.2, 0) is 11.2 Å². The van der Waals surface area contributed by atoms with Gasteiger partial charge in [-0.1, -0.05) is 18.3 Å². The van der Waals surface area contributed by atoms with Gasteiger partial charge in [-0.3, -0.25) is 0 Å². The summed E-state index contributed by atoms with van der Waals surface area (Å²) in [7, 11) is 0. The van der Waals surface area contributed by atoms with Crippen molar-refractivity contribution in [1.29, 1.82) is 0 Å². The van der Waals surface area contributed by atoms with E-state index in [1.807, 2.05) is 13.8 Å². The highest BCUT2D eigenvalue weighted by atomic mass is 32.1. The number of nitrogens with zero attached hydrogens (tertiary/aromatic N) is 2. The Hall–Kier alpha value is -0.520. The van der Waals surface area contributed by atoms with E-state index in [1.165, 1.54) is 11.5 Å². The first-order valence-electron chi connectivity index (χ1n) is 4.86. The van der Waals surface area contributed by atoms with Crippen molar-refractivity contribution in [3.63, 3.8) is 0 Å². The summed E-state index contributed by atoms with van der Waals surface area (Å²) in [6, 6.07) is 0. The molecule has 1 heterocycles. The third-order valence-corrected chi connectivity index (χ3v) is 2.71. The molecular weight excluding hydrogens is 200 g/mol. The van der Waals surface area contributed by atoms with Crippen LogP contribution in [0.25, 0.3) is 0 Å². The smallest absolute Gasteiger partial charge is 0.115 e. The molecule has 0 spiro atoms. The average molecular weight is 216 g/mol. The van der Waals surface area contributed by atoms with Gasteiger partial charge in [0.25, 0.3) is 0 Å². The van der Waals surface area contributed by atoms with Crippen molar-refractivity contribution < 1.29 is 9.84 Å². The molecule has 80 valence electrons. The molecule has 1 unspecified atom stereocenters. The zero-order valence-electron chi connectivity index (χ0n) is 8.56. The molecule has 0 aromatic carbocycles. The van der Waals surface area contributed by atoms with E-state index in [1.54, 1.807) is 0 Å². The van der Waals surface area contributed by atoms with Gasteiger partial charge < -0.3 is 9.84 Å². The second-order valence-electron chi connectivity index (χ2n) is 3.03. The van der Waals surface area contributed by atoms with E-state index in [4.69, 9.17) is 4.74 Å². The fourth-order valence-corrected chi connectivity index (χ4v) is 1.84. The first-order chi connectivity index (χ1) is 6.79. The standard InChI is InChI=1S/C9H16N2O2S/c1-3-5-13-6-8(12)9-7(4-2)10-11-14-9/h8,12H,3-6H2,1-2H3. The van der Waals surface area contributed by atoms with E-state index in [9.17, 15) is 5.11 Å². The van der Waals surface area contributed by atoms with Crippen molar-refractivity contribution >= 4 is 11.5 Å². The molecule has 0 aliphatic rings. The predicted octanol–water partition coefficient (Wildman–Crippen LogP) is 1.56. The fraction of sp³-hybridized carbons (Fsp3) is 0.778. The Kier molecular flexibility index (Phi) is 5.00. The molecule has 0 aliphatic heterocycles. The highest BCUT2D eigenvalue weighted by molar-refractivity contribution is 7.05. The van der Waals surface area contributed by atoms with Gasteiger partial charge in [0.15, 0.2) is 0 Å². The Balaban J connectivity index is 2.47. The Morgan fingerprint density at radius 2 is 2.29 bits per heavy atom. The fourth-order valence-electron chi connectivity index (χ4n) is 1.13. The highest BCUT2D eigenvalue weighted by Gasteiger charge is 2.15. The molecule has 1 aromatic heterocycles. The summed E-state index contributed by atoms with van der Waals surface area (Å²) in [4.78, 5) is 0.837. The van der Waals surface area contributed by atoms with Crippen molar-refractivity contribution in [2.75, 3.05) is 13.2 Å². The van der Waals surface area contributed by atoms with E-state index in [2.05, 4.69) is 9.59 Å². The molecule has 1 rings (SSSR count). The van der Waals surface area contributed by atoms with Crippen LogP contribution >= 0.6 is 11.5 Å². The Morgan fingerprint density at radius 1 is 1.50 bits per heavy atom. The van der Waals surface area contributed by atoms with E-state index >= 15 is 0 Å². The van der Waals surface area contributed by atoms with Crippen molar-refractivity contribution in [3.8, 4) is 0 Å². The quantitative estimate of drug-likeness (QED) is 0.733. The minimum Gasteiger partial charge on any atom is -0.385 e. The zero-order valence-corrected chi connectivity index (χ0v) is 9.38. The van der Waals surface area contributed by atoms with Gasteiger partial charge in [-0.25, -0.2) is 0 Å². The minimum atomic E-state index is -0.573. The van der Waals surface area contributed by atoms with Crippen LogP contribution in [0.3, 0.4) is 0 Å². The number of rotatable bonds is 6. The van der Waals surface area contributed by atoms with Crippen molar-refractivity contribution in [3.05, 3.63) is 10.6 Å². The molecule has 1 N–H and O–H groups in total. The molecule has 0 radical (unpaired) electrons. The molecule has 0 saturated carbocycles. The van der Waals surface area contributed by atoms with Crippen LogP contribution in [0.15, 0.2) is 0 Å². The number of hydrogen-bond donors (Lipinski definition) is 1. The van der Waals surface area contributed by atoms with E-state index in [-0.39, 0.29) is 0 Å². The van der Waals surface area contributed by atoms with Crippen LogP contribution in [0.1, 0.15) is 36.9 Å². The molecule has 0 aliphatic carbocycles. The Bertz CT molecular complexity index is 265. The molecule has 0 bridgehead atoms. The minimum absolute atomic E-state index is 0.338. The van der Waals surface area contributed by atoms with Gasteiger partial charge in [-0.05, 0) is 24.4 Å². The van der Waals surface area contributed by atoms with E-state index in [0.29, 0.717) is 13.2 Å². The van der Waals surface area contributed by atoms with Gasteiger partial charge in [0.2, 0.25) is 0 Å². The molecule has 5 heteroatoms. The summed E-state index contributed by atoms with van der Waals surface area (Å²) in [5, 5.41) is 13.7. The van der Waals surface area contributed by atoms with Crippen LogP contribution in [0.5, 0.6) is 0 Å². The van der Waals surface area contributed by atoms with Gasteiger partial charge in [-0.2, -0.15) is 0 Å². The number of hydrogen-bond acceptors (Lipinski definition) is 5. The number of aliphatic hydroxyl groups excluding tert-OH is 1. The van der Waals surface area contributed by atoms with E-state index in [0.717, 1.165) is 23.4 Å². The summed E-state index contributed by atoms with van der Waals surface area (Å²) in [6.45, 7) is 5.06. The van der Waals surface area contributed by atoms with Crippen LogP contribution in [-0.4, -0.2) is 27.9 Å². The lowest BCUT2D eigenvalue weighted by Gasteiger charge is -2.09. The summed E-state index contributed by atoms with van der Waals surface area (Å²) in [6.07, 6.45) is 1.20. The van der Waals surface area contributed by atoms with Crippen molar-refractivity contribution in [2.45, 2.75) is 32.8 Å². The molecular formula is C9H16N2O2S. The van der Waals surface area contributed by atoms with Crippen molar-refractivity contribution in [2.24, 2.45) is 0 Å². The lowest BCUT2D eigenvalue weighted by molar-refractivity contribution is 0.0377. The molecule has 0 amide bonds. The van der Waals surface area contributed by atoms with Crippen LogP contribution in [0.2, 0.25) is 0 Å². The van der Waals surface area contributed by atoms with Gasteiger partial charge in [-0.15, -0.1) is 5.10 Å². The lowest BCUT2D eigenvalue weighted by Crippen LogP contribution is -2.08. The normalized spacial score (nSPS) is 13.1. The number of aromatic nitrogens is 2. The second-order valence-corrected chi connectivity index (χ2v) is 3.81. The Labute approximate surface area is 88.1 Å². The lowest BCUT2D eigenvalue weighted by atomic mass is 10.2. The first kappa shape index (κ1) is 11.6. The number of ether oxygens (including phenoxy) is 1. The maximum absolute atomic E-state index is 9.75. The molecule has 0 fully saturated rings. The molecule has 1 aromatic rings. The average Bonchev–Trinajstić information content (AvgIpc) is 2.65. The maximum atomic E-state index is 9.75. The highest BCUT2D eigenvalue weighted by Crippen LogP contribution is 2.20. The predicted molar refractivity (Wildman–Crippen MR) is 55.4 cm³/mol. The van der Waals surface area contributed by atoms with Gasteiger partial charge in [0.05, 0.1) is 17.2 Å². The third-order valence-electron chi connectivity index (χ3n) is 1.85. The maximum Gasteiger partial charge on any atom is 0.115 e. The summed E-state index contributed by atoms with van der Waals surface area (Å²) in [5.41, 5.74) is 0.877. The van der Waals surface area contributed by atoms with Crippen molar-refractivity contribution in [1.82, 2.24) is 9.59 Å². The summed E-state index contributed by atoms with van der Waals surface area (Å²) >= 11 is 1.25. The van der Waals surface area contributed by atoms with Gasteiger partial charge in [0.1, 0.15) is 6.10 Å². The summed E-state index contributed by atoms with van der Waals surface area (Å²) in [5.74, 6) is 0. The number of aliphatic hydroxyl groups is 1. The molecule has 14 heavy (non-hydrogen) atoms. The molecule has 0 saturated heterocycles. The van der Waals surface area contributed by atoms with Crippen LogP contribution in [0.4, 0.5) is 0 Å². The van der Waals surface area contributed by atoms with Gasteiger partial charge in [0, 0.05) is 6.61 Å². The summed E-state index contributed by atoms with van der Waals surface area (Å²) < 4.78 is 9.09. The number of aryl methyl sites for hydroxylation is 1. The first-order valence-corrected chi connectivity index (χ1v) is 5.63. The van der Waals surface area contributed by atoms with E-state index < -0.39 is 6.10 Å². The van der Waals surface area contributed by atoms with Gasteiger partial charge >= 0.3 is 0 Å². The third kappa shape index (κ3) is 3.01. The van der Waals surface area contributed by atoms with Crippen LogP contribution < -0.4 is 0 Å². The SMILES string of the molecule is CCCOCC(O)c1snnc1CC. The topological polar surface area (TPSA) is 55.2 Å².